The SMILES string of the molecule is CNc1snc(C)c1C(=O)O[C@@H](C)C(=O)Nc1ccccc1-c1ccccc1. The summed E-state index contributed by atoms with van der Waals surface area (Å²) in [5.74, 6) is -0.974. The third-order valence-electron chi connectivity index (χ3n) is 4.22. The summed E-state index contributed by atoms with van der Waals surface area (Å²) in [7, 11) is 1.71. The van der Waals surface area contributed by atoms with Crippen LogP contribution in [-0.2, 0) is 9.53 Å². The summed E-state index contributed by atoms with van der Waals surface area (Å²) in [6, 6.07) is 17.3. The van der Waals surface area contributed by atoms with Crippen molar-refractivity contribution in [2.75, 3.05) is 17.7 Å². The number of aryl methyl sites for hydroxylation is 1. The fourth-order valence-electron chi connectivity index (χ4n) is 2.75. The van der Waals surface area contributed by atoms with Gasteiger partial charge in [-0.3, -0.25) is 4.79 Å². The number of amides is 1. The predicted molar refractivity (Wildman–Crippen MR) is 112 cm³/mol. The average molecular weight is 395 g/mol. The third kappa shape index (κ3) is 4.20. The first-order chi connectivity index (χ1) is 13.5. The molecule has 1 amide bonds. The van der Waals surface area contributed by atoms with Gasteiger partial charge in [0.15, 0.2) is 6.10 Å². The number of hydrogen-bond acceptors (Lipinski definition) is 6. The van der Waals surface area contributed by atoms with Crippen LogP contribution in [0.3, 0.4) is 0 Å². The van der Waals surface area contributed by atoms with Gasteiger partial charge in [0.1, 0.15) is 10.6 Å². The molecule has 3 aromatic rings. The normalized spacial score (nSPS) is 11.5. The average Bonchev–Trinajstić information content (AvgIpc) is 3.09. The smallest absolute Gasteiger partial charge is 0.343 e. The zero-order valence-electron chi connectivity index (χ0n) is 15.9. The van der Waals surface area contributed by atoms with Crippen molar-refractivity contribution in [2.24, 2.45) is 0 Å². The Balaban J connectivity index is 1.73. The van der Waals surface area contributed by atoms with Gasteiger partial charge in [-0.2, -0.15) is 4.37 Å². The van der Waals surface area contributed by atoms with E-state index >= 15 is 0 Å². The molecule has 0 aliphatic carbocycles. The molecule has 0 saturated heterocycles. The van der Waals surface area contributed by atoms with Gasteiger partial charge in [-0.1, -0.05) is 48.5 Å². The molecule has 6 nitrogen and oxygen atoms in total. The maximum Gasteiger partial charge on any atom is 0.343 e. The minimum absolute atomic E-state index is 0.358. The first kappa shape index (κ1) is 19.6. The van der Waals surface area contributed by atoms with Crippen molar-refractivity contribution >= 4 is 34.1 Å². The number of rotatable bonds is 6. The van der Waals surface area contributed by atoms with E-state index in [4.69, 9.17) is 4.74 Å². The van der Waals surface area contributed by atoms with Gasteiger partial charge in [0.25, 0.3) is 5.91 Å². The number of carbonyl (C=O) groups is 2. The predicted octanol–water partition coefficient (Wildman–Crippen LogP) is 4.34. The highest BCUT2D eigenvalue weighted by molar-refractivity contribution is 7.10. The Bertz CT molecular complexity index is 986. The summed E-state index contributed by atoms with van der Waals surface area (Å²) >= 11 is 1.18. The van der Waals surface area contributed by atoms with Gasteiger partial charge in [-0.05, 0) is 37.0 Å². The molecule has 0 fully saturated rings. The lowest BCUT2D eigenvalue weighted by atomic mass is 10.0. The summed E-state index contributed by atoms with van der Waals surface area (Å²) in [5, 5.41) is 6.39. The van der Waals surface area contributed by atoms with Crippen LogP contribution >= 0.6 is 11.5 Å². The van der Waals surface area contributed by atoms with E-state index in [1.165, 1.54) is 11.5 Å². The Hall–Kier alpha value is -3.19. The Labute approximate surface area is 167 Å². The van der Waals surface area contributed by atoms with Crippen LogP contribution in [-0.4, -0.2) is 29.4 Å². The molecule has 0 radical (unpaired) electrons. The van der Waals surface area contributed by atoms with Gasteiger partial charge < -0.3 is 15.4 Å². The fourth-order valence-corrected chi connectivity index (χ4v) is 3.48. The van der Waals surface area contributed by atoms with Crippen LogP contribution in [0.15, 0.2) is 54.6 Å². The second kappa shape index (κ2) is 8.67. The molecule has 7 heteroatoms. The van der Waals surface area contributed by atoms with E-state index in [1.54, 1.807) is 20.9 Å². The largest absolute Gasteiger partial charge is 0.449 e. The molecule has 0 saturated carbocycles. The second-order valence-electron chi connectivity index (χ2n) is 6.17. The molecule has 28 heavy (non-hydrogen) atoms. The molecule has 0 aliphatic rings. The van der Waals surface area contributed by atoms with E-state index < -0.39 is 18.0 Å². The summed E-state index contributed by atoms with van der Waals surface area (Å²) in [6.45, 7) is 3.28. The molecular formula is C21H21N3O3S. The highest BCUT2D eigenvalue weighted by Crippen LogP contribution is 2.28. The molecule has 0 unspecified atom stereocenters. The first-order valence-corrected chi connectivity index (χ1v) is 9.59. The van der Waals surface area contributed by atoms with Gasteiger partial charge in [-0.25, -0.2) is 4.79 Å². The summed E-state index contributed by atoms with van der Waals surface area (Å²) in [5.41, 5.74) is 3.47. The number of ether oxygens (including phenoxy) is 1. The van der Waals surface area contributed by atoms with E-state index in [0.717, 1.165) is 11.1 Å². The van der Waals surface area contributed by atoms with E-state index in [2.05, 4.69) is 15.0 Å². The number of para-hydroxylation sites is 1. The monoisotopic (exact) mass is 395 g/mol. The molecule has 3 rings (SSSR count). The number of nitrogens with zero attached hydrogens (tertiary/aromatic N) is 1. The molecule has 2 N–H and O–H groups in total. The first-order valence-electron chi connectivity index (χ1n) is 8.81. The van der Waals surface area contributed by atoms with Crippen molar-refractivity contribution in [3.05, 3.63) is 65.9 Å². The number of anilines is 2. The van der Waals surface area contributed by atoms with Gasteiger partial charge in [-0.15, -0.1) is 0 Å². The summed E-state index contributed by atoms with van der Waals surface area (Å²) in [4.78, 5) is 25.1. The number of benzene rings is 2. The highest BCUT2D eigenvalue weighted by atomic mass is 32.1. The van der Waals surface area contributed by atoms with Gasteiger partial charge in [0.05, 0.1) is 5.69 Å². The molecule has 1 atom stereocenters. The van der Waals surface area contributed by atoms with E-state index in [0.29, 0.717) is 21.9 Å². The van der Waals surface area contributed by atoms with Crippen LogP contribution in [0, 0.1) is 6.92 Å². The Morgan fingerprint density at radius 1 is 1.07 bits per heavy atom. The van der Waals surface area contributed by atoms with E-state index in [1.807, 2.05) is 54.6 Å². The zero-order chi connectivity index (χ0) is 20.1. The minimum Gasteiger partial charge on any atom is -0.449 e. The highest BCUT2D eigenvalue weighted by Gasteiger charge is 2.24. The molecule has 0 bridgehead atoms. The van der Waals surface area contributed by atoms with Crippen molar-refractivity contribution in [1.82, 2.24) is 4.37 Å². The number of aromatic nitrogens is 1. The van der Waals surface area contributed by atoms with Crippen LogP contribution in [0.2, 0.25) is 0 Å². The van der Waals surface area contributed by atoms with Crippen LogP contribution in [0.4, 0.5) is 10.7 Å². The van der Waals surface area contributed by atoms with Gasteiger partial charge >= 0.3 is 5.97 Å². The molecule has 1 aromatic heterocycles. The second-order valence-corrected chi connectivity index (χ2v) is 6.94. The number of carbonyl (C=O) groups excluding carboxylic acids is 2. The molecule has 0 spiro atoms. The topological polar surface area (TPSA) is 80.3 Å². The summed E-state index contributed by atoms with van der Waals surface area (Å²) < 4.78 is 9.52. The number of esters is 1. The Morgan fingerprint density at radius 3 is 2.46 bits per heavy atom. The van der Waals surface area contributed by atoms with Crippen molar-refractivity contribution in [3.8, 4) is 11.1 Å². The Morgan fingerprint density at radius 2 is 1.75 bits per heavy atom. The lowest BCUT2D eigenvalue weighted by Gasteiger charge is -2.16. The van der Waals surface area contributed by atoms with Crippen molar-refractivity contribution in [2.45, 2.75) is 20.0 Å². The van der Waals surface area contributed by atoms with Crippen LogP contribution < -0.4 is 10.6 Å². The maximum atomic E-state index is 12.6. The molecule has 144 valence electrons. The molecule has 2 aromatic carbocycles. The number of hydrogen-bond donors (Lipinski definition) is 2. The fraction of sp³-hybridized carbons (Fsp3) is 0.190. The third-order valence-corrected chi connectivity index (χ3v) is 5.17. The maximum absolute atomic E-state index is 12.6. The van der Waals surface area contributed by atoms with Crippen LogP contribution in [0.1, 0.15) is 23.0 Å². The van der Waals surface area contributed by atoms with Crippen molar-refractivity contribution in [1.29, 1.82) is 0 Å². The quantitative estimate of drug-likeness (QED) is 0.607. The van der Waals surface area contributed by atoms with Crippen molar-refractivity contribution < 1.29 is 14.3 Å². The zero-order valence-corrected chi connectivity index (χ0v) is 16.7. The minimum atomic E-state index is -0.958. The van der Waals surface area contributed by atoms with Gasteiger partial charge in [0, 0.05) is 18.3 Å². The van der Waals surface area contributed by atoms with Crippen molar-refractivity contribution in [3.63, 3.8) is 0 Å². The lowest BCUT2D eigenvalue weighted by Crippen LogP contribution is -2.30. The standard InChI is InChI=1S/C21H21N3O3S/c1-13-18(20(22-3)28-24-13)21(26)27-14(2)19(25)23-17-12-8-7-11-16(17)15-9-5-4-6-10-15/h4-12,14,22H,1-3H3,(H,23,25)/t14-/m0/s1. The van der Waals surface area contributed by atoms with Crippen LogP contribution in [0.5, 0.6) is 0 Å². The molecule has 0 aliphatic heterocycles. The van der Waals surface area contributed by atoms with E-state index in [9.17, 15) is 9.59 Å². The number of nitrogens with one attached hydrogen (secondary N) is 2. The molecule has 1 heterocycles. The molecular weight excluding hydrogens is 374 g/mol. The Kier molecular flexibility index (Phi) is 6.06. The summed E-state index contributed by atoms with van der Waals surface area (Å²) in [6.07, 6.45) is -0.958. The van der Waals surface area contributed by atoms with E-state index in [-0.39, 0.29) is 0 Å². The lowest BCUT2D eigenvalue weighted by molar-refractivity contribution is -0.123. The van der Waals surface area contributed by atoms with Gasteiger partial charge in [0.2, 0.25) is 0 Å². The van der Waals surface area contributed by atoms with Crippen LogP contribution in [0.25, 0.3) is 11.1 Å².